The number of ether oxygens (including phenoxy) is 2. The highest BCUT2D eigenvalue weighted by molar-refractivity contribution is 7.99. The topological polar surface area (TPSA) is 49.2 Å². The van der Waals surface area contributed by atoms with Gasteiger partial charge >= 0.3 is 0 Å². The Balaban J connectivity index is 1.52. The summed E-state index contributed by atoms with van der Waals surface area (Å²) in [7, 11) is 0. The quantitative estimate of drug-likeness (QED) is 0.413. The Morgan fingerprint density at radius 3 is 2.80 bits per heavy atom. The first-order valence-electron chi connectivity index (χ1n) is 8.01. The predicted molar refractivity (Wildman–Crippen MR) is 98.8 cm³/mol. The summed E-state index contributed by atoms with van der Waals surface area (Å²) in [5.41, 5.74) is 0. The molecule has 0 spiro atoms. The average molecular weight is 398 g/mol. The van der Waals surface area contributed by atoms with E-state index in [2.05, 4.69) is 16.8 Å². The van der Waals surface area contributed by atoms with Crippen LogP contribution >= 0.6 is 35.0 Å². The molecule has 1 aliphatic heterocycles. The third-order valence-corrected chi connectivity index (χ3v) is 6.28. The van der Waals surface area contributed by atoms with Gasteiger partial charge in [-0.3, -0.25) is 4.57 Å². The van der Waals surface area contributed by atoms with Crippen LogP contribution in [0.25, 0.3) is 0 Å². The lowest BCUT2D eigenvalue weighted by atomic mass is 10.2. The van der Waals surface area contributed by atoms with Crippen LogP contribution in [0.1, 0.15) is 18.3 Å². The Kier molecular flexibility index (Phi) is 4.60. The molecule has 1 fully saturated rings. The molecule has 0 radical (unpaired) electrons. The molecule has 2 heterocycles. The number of para-hydroxylation sites is 2. The zero-order valence-electron chi connectivity index (χ0n) is 13.4. The van der Waals surface area contributed by atoms with Crippen molar-refractivity contribution < 1.29 is 9.47 Å². The molecule has 0 bridgehead atoms. The van der Waals surface area contributed by atoms with Gasteiger partial charge in [-0.25, -0.2) is 0 Å². The number of halogens is 2. The molecule has 0 amide bonds. The summed E-state index contributed by atoms with van der Waals surface area (Å²) >= 11 is 13.8. The third-order valence-electron chi connectivity index (χ3n) is 4.22. The van der Waals surface area contributed by atoms with E-state index >= 15 is 0 Å². The average Bonchev–Trinajstić information content (AvgIpc) is 3.04. The van der Waals surface area contributed by atoms with Gasteiger partial charge in [0.05, 0.1) is 0 Å². The van der Waals surface area contributed by atoms with E-state index in [1.165, 1.54) is 0 Å². The second kappa shape index (κ2) is 6.74. The van der Waals surface area contributed by atoms with Gasteiger partial charge in [0, 0.05) is 18.2 Å². The zero-order chi connectivity index (χ0) is 17.4. The van der Waals surface area contributed by atoms with Crippen LogP contribution < -0.4 is 9.47 Å². The first-order chi connectivity index (χ1) is 12.1. The van der Waals surface area contributed by atoms with Gasteiger partial charge < -0.3 is 9.47 Å². The standard InChI is InChI=1S/C17H17Cl2N3O2S/c1-2-7-22-15(14-9-23-12-5-3-4-6-13(12)24-14)20-21-16(22)25-10-11-8-17(11,18)19/h2-6,11,14H,1,7-10H2. The summed E-state index contributed by atoms with van der Waals surface area (Å²) in [5.74, 6) is 3.30. The molecule has 0 saturated heterocycles. The Morgan fingerprint density at radius 1 is 1.32 bits per heavy atom. The SMILES string of the molecule is C=CCn1c(SCC2CC2(Cl)Cl)nnc1C1COc2ccccc2O1. The highest BCUT2D eigenvalue weighted by atomic mass is 35.5. The molecular weight excluding hydrogens is 381 g/mol. The number of alkyl halides is 2. The van der Waals surface area contributed by atoms with Crippen LogP contribution in [0.15, 0.2) is 42.1 Å². The molecule has 2 unspecified atom stereocenters. The van der Waals surface area contributed by atoms with Gasteiger partial charge in [-0.1, -0.05) is 30.0 Å². The predicted octanol–water partition coefficient (Wildman–Crippen LogP) is 4.26. The molecule has 1 saturated carbocycles. The lowest BCUT2D eigenvalue weighted by Crippen LogP contribution is -2.25. The molecule has 8 heteroatoms. The van der Waals surface area contributed by atoms with E-state index in [-0.39, 0.29) is 6.10 Å². The largest absolute Gasteiger partial charge is 0.485 e. The molecule has 2 aliphatic rings. The first kappa shape index (κ1) is 17.1. The van der Waals surface area contributed by atoms with Crippen molar-refractivity contribution in [1.82, 2.24) is 14.8 Å². The maximum Gasteiger partial charge on any atom is 0.192 e. The lowest BCUT2D eigenvalue weighted by molar-refractivity contribution is 0.0821. The van der Waals surface area contributed by atoms with E-state index in [9.17, 15) is 0 Å². The smallest absolute Gasteiger partial charge is 0.192 e. The van der Waals surface area contributed by atoms with E-state index in [1.807, 2.05) is 34.9 Å². The molecular formula is C17H17Cl2N3O2S. The summed E-state index contributed by atoms with van der Waals surface area (Å²) in [6.45, 7) is 4.83. The fourth-order valence-electron chi connectivity index (χ4n) is 2.72. The van der Waals surface area contributed by atoms with Gasteiger partial charge in [-0.05, 0) is 18.6 Å². The third kappa shape index (κ3) is 3.48. The van der Waals surface area contributed by atoms with Gasteiger partial charge in [-0.2, -0.15) is 0 Å². The molecule has 5 nitrogen and oxygen atoms in total. The van der Waals surface area contributed by atoms with Gasteiger partial charge in [0.2, 0.25) is 0 Å². The highest BCUT2D eigenvalue weighted by Crippen LogP contribution is 2.54. The first-order valence-corrected chi connectivity index (χ1v) is 9.76. The molecule has 1 aliphatic carbocycles. The van der Waals surface area contributed by atoms with Gasteiger partial charge in [-0.15, -0.1) is 40.0 Å². The van der Waals surface area contributed by atoms with Crippen LogP contribution in [0.5, 0.6) is 11.5 Å². The van der Waals surface area contributed by atoms with E-state index in [4.69, 9.17) is 32.7 Å². The molecule has 2 atom stereocenters. The number of aromatic nitrogens is 3. The summed E-state index contributed by atoms with van der Waals surface area (Å²) in [4.78, 5) is 0. The number of rotatable bonds is 6. The second-order valence-corrected chi connectivity index (χ2v) is 8.61. The number of allylic oxidation sites excluding steroid dienone is 1. The molecule has 25 heavy (non-hydrogen) atoms. The monoisotopic (exact) mass is 397 g/mol. The van der Waals surface area contributed by atoms with Crippen LogP contribution in [0.2, 0.25) is 0 Å². The molecule has 0 N–H and O–H groups in total. The van der Waals surface area contributed by atoms with Crippen molar-refractivity contribution in [1.29, 1.82) is 0 Å². The Morgan fingerprint density at radius 2 is 2.08 bits per heavy atom. The summed E-state index contributed by atoms with van der Waals surface area (Å²) in [5, 5.41) is 9.47. The second-order valence-electron chi connectivity index (χ2n) is 6.08. The van der Waals surface area contributed by atoms with Crippen LogP contribution in [0.3, 0.4) is 0 Å². The van der Waals surface area contributed by atoms with Crippen molar-refractivity contribution in [2.24, 2.45) is 5.92 Å². The van der Waals surface area contributed by atoms with Gasteiger partial charge in [0.25, 0.3) is 0 Å². The minimum absolute atomic E-state index is 0.291. The minimum Gasteiger partial charge on any atom is -0.485 e. The fraction of sp³-hybridized carbons (Fsp3) is 0.412. The van der Waals surface area contributed by atoms with Crippen LogP contribution in [0.4, 0.5) is 0 Å². The number of hydrogen-bond donors (Lipinski definition) is 0. The van der Waals surface area contributed by atoms with E-state index in [0.29, 0.717) is 24.8 Å². The van der Waals surface area contributed by atoms with Crippen molar-refractivity contribution in [3.8, 4) is 11.5 Å². The number of nitrogens with zero attached hydrogens (tertiary/aromatic N) is 3. The number of benzene rings is 1. The Labute approximate surface area is 160 Å². The highest BCUT2D eigenvalue weighted by Gasteiger charge is 2.51. The van der Waals surface area contributed by atoms with E-state index in [0.717, 1.165) is 28.9 Å². The number of fused-ring (bicyclic) bond motifs is 1. The van der Waals surface area contributed by atoms with E-state index in [1.54, 1.807) is 11.8 Å². The van der Waals surface area contributed by atoms with Gasteiger partial charge in [0.15, 0.2) is 28.6 Å². The maximum atomic E-state index is 6.11. The minimum atomic E-state index is -0.580. The summed E-state index contributed by atoms with van der Waals surface area (Å²) < 4.78 is 13.3. The van der Waals surface area contributed by atoms with Crippen molar-refractivity contribution in [3.63, 3.8) is 0 Å². The molecule has 2 aromatic rings. The van der Waals surface area contributed by atoms with Crippen LogP contribution in [-0.4, -0.2) is 31.5 Å². The molecule has 4 rings (SSSR count). The Bertz CT molecular complexity index is 796. The number of hydrogen-bond acceptors (Lipinski definition) is 5. The molecule has 1 aromatic heterocycles. The van der Waals surface area contributed by atoms with Crippen LogP contribution in [0, 0.1) is 5.92 Å². The van der Waals surface area contributed by atoms with Crippen molar-refractivity contribution in [3.05, 3.63) is 42.7 Å². The summed E-state index contributed by atoms with van der Waals surface area (Å²) in [6.07, 6.45) is 2.33. The normalized spacial score (nSPS) is 23.3. The maximum absolute atomic E-state index is 6.11. The number of thioether (sulfide) groups is 1. The molecule has 132 valence electrons. The van der Waals surface area contributed by atoms with Crippen LogP contribution in [-0.2, 0) is 6.54 Å². The molecule has 1 aromatic carbocycles. The van der Waals surface area contributed by atoms with Crippen molar-refractivity contribution >= 4 is 35.0 Å². The zero-order valence-corrected chi connectivity index (χ0v) is 15.7. The van der Waals surface area contributed by atoms with Gasteiger partial charge in [0.1, 0.15) is 10.9 Å². The van der Waals surface area contributed by atoms with Crippen molar-refractivity contribution in [2.75, 3.05) is 12.4 Å². The summed E-state index contributed by atoms with van der Waals surface area (Å²) in [6, 6.07) is 7.62. The van der Waals surface area contributed by atoms with E-state index < -0.39 is 4.33 Å². The fourth-order valence-corrected chi connectivity index (χ4v) is 4.60. The van der Waals surface area contributed by atoms with Crippen molar-refractivity contribution in [2.45, 2.75) is 28.6 Å². The Hall–Kier alpha value is -1.37. The lowest BCUT2D eigenvalue weighted by Gasteiger charge is -2.26.